The molecule has 1 aliphatic rings. The zero-order valence-electron chi connectivity index (χ0n) is 12.0. The number of nitriles is 1. The Morgan fingerprint density at radius 1 is 1.38 bits per heavy atom. The van der Waals surface area contributed by atoms with Crippen LogP contribution in [0.3, 0.4) is 0 Å². The van der Waals surface area contributed by atoms with Crippen molar-refractivity contribution in [2.75, 3.05) is 26.5 Å². The highest BCUT2D eigenvalue weighted by Crippen LogP contribution is 2.22. The fraction of sp³-hybridized carbons (Fsp3) is 0.286. The number of methoxy groups -OCH3 is 1. The Morgan fingerprint density at radius 3 is 2.57 bits per heavy atom. The number of hydrogen-bond donors (Lipinski definition) is 2. The molecule has 0 aliphatic carbocycles. The summed E-state index contributed by atoms with van der Waals surface area (Å²) in [5.74, 6) is -0.241. The fourth-order valence-corrected chi connectivity index (χ4v) is 2.03. The molecule has 1 heterocycles. The summed E-state index contributed by atoms with van der Waals surface area (Å²) in [5.41, 5.74) is 0.817. The van der Waals surface area contributed by atoms with E-state index in [1.165, 1.54) is 0 Å². The SMILES string of the molecule is COC1(N(C)C)C=C(Nc2ccc(Cl)cc2)N=C(C#N)N1. The molecule has 0 aromatic heterocycles. The number of hydrogen-bond acceptors (Lipinski definition) is 6. The molecule has 1 unspecified atom stereocenters. The predicted octanol–water partition coefficient (Wildman–Crippen LogP) is 1.98. The van der Waals surface area contributed by atoms with Gasteiger partial charge in [-0.15, -0.1) is 0 Å². The van der Waals surface area contributed by atoms with E-state index in [1.807, 2.05) is 37.2 Å². The topological polar surface area (TPSA) is 72.7 Å². The summed E-state index contributed by atoms with van der Waals surface area (Å²) in [7, 11) is 5.24. The highest BCUT2D eigenvalue weighted by Gasteiger charge is 2.35. The van der Waals surface area contributed by atoms with Gasteiger partial charge < -0.3 is 15.4 Å². The van der Waals surface area contributed by atoms with Gasteiger partial charge in [0.05, 0.1) is 0 Å². The Morgan fingerprint density at radius 2 is 2.05 bits per heavy atom. The molecule has 6 nitrogen and oxygen atoms in total. The first-order chi connectivity index (χ1) is 9.99. The Kier molecular flexibility index (Phi) is 4.48. The van der Waals surface area contributed by atoms with Gasteiger partial charge in [0, 0.05) is 23.9 Å². The number of nitrogens with one attached hydrogen (secondary N) is 2. The monoisotopic (exact) mass is 305 g/mol. The summed E-state index contributed by atoms with van der Waals surface area (Å²) < 4.78 is 5.50. The summed E-state index contributed by atoms with van der Waals surface area (Å²) in [4.78, 5) is 6.01. The summed E-state index contributed by atoms with van der Waals surface area (Å²) in [6.45, 7) is 0. The first-order valence-corrected chi connectivity index (χ1v) is 6.62. The van der Waals surface area contributed by atoms with E-state index in [0.717, 1.165) is 5.69 Å². The highest BCUT2D eigenvalue weighted by molar-refractivity contribution is 6.30. The van der Waals surface area contributed by atoms with Crippen LogP contribution in [0.25, 0.3) is 0 Å². The van der Waals surface area contributed by atoms with Crippen LogP contribution in [0.1, 0.15) is 0 Å². The number of likely N-dealkylation sites (N-methyl/N-ethyl adjacent to an activating group) is 1. The molecule has 21 heavy (non-hydrogen) atoms. The average Bonchev–Trinajstić information content (AvgIpc) is 2.49. The van der Waals surface area contributed by atoms with E-state index < -0.39 is 5.85 Å². The smallest absolute Gasteiger partial charge is 0.223 e. The summed E-state index contributed by atoms with van der Waals surface area (Å²) in [6.07, 6.45) is 1.77. The van der Waals surface area contributed by atoms with Crippen molar-refractivity contribution >= 4 is 23.1 Å². The van der Waals surface area contributed by atoms with Crippen molar-refractivity contribution in [3.8, 4) is 6.07 Å². The van der Waals surface area contributed by atoms with Crippen LogP contribution in [0.2, 0.25) is 5.02 Å². The molecule has 1 aromatic rings. The van der Waals surface area contributed by atoms with E-state index in [0.29, 0.717) is 10.8 Å². The van der Waals surface area contributed by atoms with Crippen LogP contribution >= 0.6 is 11.6 Å². The van der Waals surface area contributed by atoms with Crippen LogP contribution in [-0.2, 0) is 4.74 Å². The molecule has 0 spiro atoms. The van der Waals surface area contributed by atoms with Gasteiger partial charge in [0.25, 0.3) is 0 Å². The molecule has 7 heteroatoms. The molecule has 1 atom stereocenters. The lowest BCUT2D eigenvalue weighted by Crippen LogP contribution is -2.59. The van der Waals surface area contributed by atoms with E-state index >= 15 is 0 Å². The van der Waals surface area contributed by atoms with Gasteiger partial charge in [-0.05, 0) is 38.4 Å². The maximum atomic E-state index is 9.13. The number of benzene rings is 1. The van der Waals surface area contributed by atoms with Crippen LogP contribution < -0.4 is 10.6 Å². The molecule has 1 aliphatic heterocycles. The number of aliphatic imine (C=N–C) groups is 1. The second kappa shape index (κ2) is 6.14. The third-order valence-corrected chi connectivity index (χ3v) is 3.31. The van der Waals surface area contributed by atoms with E-state index in [9.17, 15) is 0 Å². The van der Waals surface area contributed by atoms with Crippen LogP contribution in [0.15, 0.2) is 41.2 Å². The minimum Gasteiger partial charge on any atom is -0.342 e. The van der Waals surface area contributed by atoms with Gasteiger partial charge in [-0.3, -0.25) is 4.90 Å². The van der Waals surface area contributed by atoms with Crippen LogP contribution in [0.4, 0.5) is 5.69 Å². The molecular weight excluding hydrogens is 290 g/mol. The van der Waals surface area contributed by atoms with Gasteiger partial charge in [0.1, 0.15) is 11.9 Å². The zero-order chi connectivity index (χ0) is 15.5. The maximum absolute atomic E-state index is 9.13. The first-order valence-electron chi connectivity index (χ1n) is 6.24. The van der Waals surface area contributed by atoms with E-state index in [4.69, 9.17) is 21.6 Å². The van der Waals surface area contributed by atoms with Gasteiger partial charge in [0.15, 0.2) is 0 Å². The molecule has 110 valence electrons. The Labute approximate surface area is 128 Å². The van der Waals surface area contributed by atoms with Crippen molar-refractivity contribution in [2.45, 2.75) is 5.85 Å². The fourth-order valence-electron chi connectivity index (χ4n) is 1.90. The number of rotatable bonds is 4. The highest BCUT2D eigenvalue weighted by atomic mass is 35.5. The lowest BCUT2D eigenvalue weighted by Gasteiger charge is -2.38. The quantitative estimate of drug-likeness (QED) is 0.832. The van der Waals surface area contributed by atoms with Crippen LogP contribution in [0.5, 0.6) is 0 Å². The largest absolute Gasteiger partial charge is 0.342 e. The Bertz CT molecular complexity index is 617. The number of amidine groups is 1. The zero-order valence-corrected chi connectivity index (χ0v) is 12.8. The number of halogens is 1. The average molecular weight is 306 g/mol. The van der Waals surface area contributed by atoms with Gasteiger partial charge in [-0.25, -0.2) is 4.99 Å². The predicted molar refractivity (Wildman–Crippen MR) is 82.8 cm³/mol. The molecule has 2 rings (SSSR count). The molecule has 0 fully saturated rings. The minimum atomic E-state index is -0.929. The summed E-state index contributed by atoms with van der Waals surface area (Å²) >= 11 is 5.86. The van der Waals surface area contributed by atoms with Gasteiger partial charge in [0.2, 0.25) is 11.7 Å². The van der Waals surface area contributed by atoms with Crippen molar-refractivity contribution in [3.63, 3.8) is 0 Å². The van der Waals surface area contributed by atoms with Crippen molar-refractivity contribution in [1.82, 2.24) is 10.2 Å². The standard InChI is InChI=1S/C14H16ClN5O/c1-20(2)14(21-3)8-12(18-13(9-16)19-14)17-11-6-4-10(15)5-7-11/h4-8,17H,1-3H3,(H,18,19). The second-order valence-corrected chi connectivity index (χ2v) is 5.09. The molecule has 0 radical (unpaired) electrons. The molecular formula is C14H16ClN5O. The number of ether oxygens (including phenoxy) is 1. The summed E-state index contributed by atoms with van der Waals surface area (Å²) in [6, 6.07) is 9.21. The Hall–Kier alpha value is -2.07. The molecule has 0 amide bonds. The van der Waals surface area contributed by atoms with Crippen molar-refractivity contribution in [2.24, 2.45) is 4.99 Å². The van der Waals surface area contributed by atoms with E-state index in [-0.39, 0.29) is 5.84 Å². The molecule has 0 saturated heterocycles. The van der Waals surface area contributed by atoms with Crippen LogP contribution in [0, 0.1) is 11.3 Å². The number of anilines is 1. The first kappa shape index (κ1) is 15.3. The molecule has 2 N–H and O–H groups in total. The molecule has 0 saturated carbocycles. The van der Waals surface area contributed by atoms with Gasteiger partial charge >= 0.3 is 0 Å². The molecule has 1 aromatic carbocycles. The lowest BCUT2D eigenvalue weighted by atomic mass is 10.2. The Balaban J connectivity index is 2.33. The van der Waals surface area contributed by atoms with Crippen LogP contribution in [-0.4, -0.2) is 37.8 Å². The van der Waals surface area contributed by atoms with Crippen molar-refractivity contribution < 1.29 is 4.74 Å². The van der Waals surface area contributed by atoms with Gasteiger partial charge in [-0.1, -0.05) is 11.6 Å². The van der Waals surface area contributed by atoms with Crippen molar-refractivity contribution in [3.05, 3.63) is 41.2 Å². The third-order valence-electron chi connectivity index (χ3n) is 3.06. The van der Waals surface area contributed by atoms with Crippen molar-refractivity contribution in [1.29, 1.82) is 5.26 Å². The number of nitrogens with zero attached hydrogens (tertiary/aromatic N) is 3. The van der Waals surface area contributed by atoms with Gasteiger partial charge in [-0.2, -0.15) is 5.26 Å². The normalized spacial score (nSPS) is 21.1. The minimum absolute atomic E-state index is 0.171. The lowest BCUT2D eigenvalue weighted by molar-refractivity contribution is -0.0874. The second-order valence-electron chi connectivity index (χ2n) is 4.65. The summed E-state index contributed by atoms with van der Waals surface area (Å²) in [5, 5.41) is 15.9. The van der Waals surface area contributed by atoms with E-state index in [2.05, 4.69) is 15.6 Å². The van der Waals surface area contributed by atoms with E-state index in [1.54, 1.807) is 25.3 Å². The third kappa shape index (κ3) is 3.34. The maximum Gasteiger partial charge on any atom is 0.223 e. The molecule has 0 bridgehead atoms.